The van der Waals surface area contributed by atoms with E-state index in [1.807, 2.05) is 6.92 Å². The molecule has 6 heteroatoms. The number of aromatic amines is 1. The standard InChI is InChI=1S/C12H16N4OS/c1-8-3-5-9(6-4-8)10(7-13)18-12-15-14-11(17)16(12)2/h3-6,10H,7,13H2,1-2H3,(H,14,17). The van der Waals surface area contributed by atoms with Gasteiger partial charge in [-0.05, 0) is 12.5 Å². The largest absolute Gasteiger partial charge is 0.343 e. The van der Waals surface area contributed by atoms with Gasteiger partial charge in [0.25, 0.3) is 0 Å². The first kappa shape index (κ1) is 12.9. The average molecular weight is 264 g/mol. The lowest BCUT2D eigenvalue weighted by Crippen LogP contribution is -2.14. The number of H-pyrrole nitrogens is 1. The molecule has 96 valence electrons. The van der Waals surface area contributed by atoms with Crippen molar-refractivity contribution in [2.75, 3.05) is 6.54 Å². The molecule has 0 aliphatic carbocycles. The van der Waals surface area contributed by atoms with Gasteiger partial charge in [-0.2, -0.15) is 0 Å². The Bertz CT molecular complexity index is 573. The zero-order valence-corrected chi connectivity index (χ0v) is 11.2. The molecule has 0 amide bonds. The highest BCUT2D eigenvalue weighted by Gasteiger charge is 2.15. The van der Waals surface area contributed by atoms with Gasteiger partial charge in [0.05, 0.1) is 0 Å². The molecule has 5 nitrogen and oxygen atoms in total. The average Bonchev–Trinajstić information content (AvgIpc) is 2.69. The molecule has 1 aromatic heterocycles. The molecule has 1 unspecified atom stereocenters. The quantitative estimate of drug-likeness (QED) is 0.814. The van der Waals surface area contributed by atoms with Gasteiger partial charge in [-0.15, -0.1) is 5.10 Å². The zero-order valence-electron chi connectivity index (χ0n) is 10.4. The molecule has 0 saturated carbocycles. The van der Waals surface area contributed by atoms with Gasteiger partial charge in [0.1, 0.15) is 0 Å². The van der Waals surface area contributed by atoms with E-state index < -0.39 is 0 Å². The van der Waals surface area contributed by atoms with E-state index in [0.717, 1.165) is 5.56 Å². The molecule has 0 spiro atoms. The summed E-state index contributed by atoms with van der Waals surface area (Å²) in [6.45, 7) is 2.54. The third-order valence-corrected chi connectivity index (χ3v) is 4.07. The maximum absolute atomic E-state index is 11.3. The molecule has 0 aliphatic rings. The molecule has 3 N–H and O–H groups in total. The number of thioether (sulfide) groups is 1. The van der Waals surface area contributed by atoms with E-state index >= 15 is 0 Å². The van der Waals surface area contributed by atoms with Crippen LogP contribution in [-0.4, -0.2) is 21.3 Å². The predicted octanol–water partition coefficient (Wildman–Crippen LogP) is 1.21. The molecule has 0 aliphatic heterocycles. The number of hydrogen-bond acceptors (Lipinski definition) is 4. The number of rotatable bonds is 4. The fourth-order valence-corrected chi connectivity index (χ4v) is 2.58. The van der Waals surface area contributed by atoms with E-state index in [0.29, 0.717) is 11.7 Å². The van der Waals surface area contributed by atoms with Crippen molar-refractivity contribution in [2.45, 2.75) is 17.3 Å². The Hall–Kier alpha value is -1.53. The van der Waals surface area contributed by atoms with Crippen molar-refractivity contribution in [3.8, 4) is 0 Å². The monoisotopic (exact) mass is 264 g/mol. The smallest absolute Gasteiger partial charge is 0.329 e. The Morgan fingerprint density at radius 3 is 2.61 bits per heavy atom. The first-order chi connectivity index (χ1) is 8.61. The summed E-state index contributed by atoms with van der Waals surface area (Å²) >= 11 is 1.49. The van der Waals surface area contributed by atoms with Gasteiger partial charge >= 0.3 is 5.69 Å². The summed E-state index contributed by atoms with van der Waals surface area (Å²) in [4.78, 5) is 11.3. The molecular weight excluding hydrogens is 248 g/mol. The van der Waals surface area contributed by atoms with Crippen molar-refractivity contribution in [1.82, 2.24) is 14.8 Å². The molecule has 2 rings (SSSR count). The van der Waals surface area contributed by atoms with Crippen molar-refractivity contribution < 1.29 is 0 Å². The minimum absolute atomic E-state index is 0.0968. The molecule has 1 atom stereocenters. The Kier molecular flexibility index (Phi) is 3.88. The number of hydrogen-bond donors (Lipinski definition) is 2. The molecule has 0 bridgehead atoms. The summed E-state index contributed by atoms with van der Waals surface area (Å²) in [5, 5.41) is 7.15. The Balaban J connectivity index is 2.22. The van der Waals surface area contributed by atoms with Crippen LogP contribution < -0.4 is 11.4 Å². The van der Waals surface area contributed by atoms with E-state index in [1.54, 1.807) is 7.05 Å². The molecule has 0 radical (unpaired) electrons. The van der Waals surface area contributed by atoms with Gasteiger partial charge in [0.15, 0.2) is 5.16 Å². The lowest BCUT2D eigenvalue weighted by atomic mass is 10.1. The summed E-state index contributed by atoms with van der Waals surface area (Å²) in [5.41, 5.74) is 7.95. The minimum atomic E-state index is -0.211. The van der Waals surface area contributed by atoms with Crippen LogP contribution >= 0.6 is 11.8 Å². The third kappa shape index (κ3) is 2.65. The van der Waals surface area contributed by atoms with Crippen LogP contribution in [0, 0.1) is 6.92 Å². The first-order valence-corrected chi connectivity index (χ1v) is 6.54. The van der Waals surface area contributed by atoms with E-state index in [1.165, 1.54) is 21.9 Å². The minimum Gasteiger partial charge on any atom is -0.329 e. The Morgan fingerprint density at radius 1 is 1.44 bits per heavy atom. The van der Waals surface area contributed by atoms with Gasteiger partial charge in [0, 0.05) is 18.8 Å². The lowest BCUT2D eigenvalue weighted by Gasteiger charge is -2.13. The maximum Gasteiger partial charge on any atom is 0.343 e. The second-order valence-corrected chi connectivity index (χ2v) is 5.29. The zero-order chi connectivity index (χ0) is 13.1. The number of aryl methyl sites for hydroxylation is 1. The number of nitrogens with two attached hydrogens (primary N) is 1. The van der Waals surface area contributed by atoms with E-state index in [-0.39, 0.29) is 10.9 Å². The van der Waals surface area contributed by atoms with Crippen LogP contribution in [-0.2, 0) is 7.05 Å². The van der Waals surface area contributed by atoms with E-state index in [2.05, 4.69) is 34.5 Å². The van der Waals surface area contributed by atoms with Crippen LogP contribution in [0.25, 0.3) is 0 Å². The fraction of sp³-hybridized carbons (Fsp3) is 0.333. The summed E-state index contributed by atoms with van der Waals surface area (Å²) in [6, 6.07) is 8.24. The van der Waals surface area contributed by atoms with Crippen molar-refractivity contribution in [3.05, 3.63) is 45.9 Å². The number of nitrogens with one attached hydrogen (secondary N) is 1. The Morgan fingerprint density at radius 2 is 2.11 bits per heavy atom. The van der Waals surface area contributed by atoms with Gasteiger partial charge in [0.2, 0.25) is 0 Å². The van der Waals surface area contributed by atoms with Crippen LogP contribution in [0.15, 0.2) is 34.2 Å². The molecule has 18 heavy (non-hydrogen) atoms. The first-order valence-electron chi connectivity index (χ1n) is 5.66. The van der Waals surface area contributed by atoms with Crippen molar-refractivity contribution in [1.29, 1.82) is 0 Å². The fourth-order valence-electron chi connectivity index (χ4n) is 1.60. The van der Waals surface area contributed by atoms with Gasteiger partial charge in [-0.1, -0.05) is 41.6 Å². The summed E-state index contributed by atoms with van der Waals surface area (Å²) < 4.78 is 1.49. The van der Waals surface area contributed by atoms with E-state index in [4.69, 9.17) is 5.73 Å². The highest BCUT2D eigenvalue weighted by atomic mass is 32.2. The molecule has 0 fully saturated rings. The molecule has 1 aromatic carbocycles. The van der Waals surface area contributed by atoms with Gasteiger partial charge < -0.3 is 5.73 Å². The summed E-state index contributed by atoms with van der Waals surface area (Å²) in [5.74, 6) is 0. The lowest BCUT2D eigenvalue weighted by molar-refractivity contribution is 0.760. The van der Waals surface area contributed by atoms with Crippen LogP contribution in [0.1, 0.15) is 16.4 Å². The predicted molar refractivity (Wildman–Crippen MR) is 72.7 cm³/mol. The van der Waals surface area contributed by atoms with Gasteiger partial charge in [-0.25, -0.2) is 9.89 Å². The van der Waals surface area contributed by atoms with Crippen molar-refractivity contribution in [3.63, 3.8) is 0 Å². The molecule has 0 saturated heterocycles. The maximum atomic E-state index is 11.3. The van der Waals surface area contributed by atoms with Gasteiger partial charge in [-0.3, -0.25) is 4.57 Å². The topological polar surface area (TPSA) is 76.7 Å². The second-order valence-electron chi connectivity index (χ2n) is 4.12. The molecule has 1 heterocycles. The SMILES string of the molecule is Cc1ccc(C(CN)Sc2n[nH]c(=O)n2C)cc1. The van der Waals surface area contributed by atoms with Crippen molar-refractivity contribution >= 4 is 11.8 Å². The number of aromatic nitrogens is 3. The number of nitrogens with zero attached hydrogens (tertiary/aromatic N) is 2. The molecule has 2 aromatic rings. The highest BCUT2D eigenvalue weighted by Crippen LogP contribution is 2.32. The Labute approximate surface area is 109 Å². The third-order valence-electron chi connectivity index (χ3n) is 2.75. The highest BCUT2D eigenvalue weighted by molar-refractivity contribution is 7.99. The molecular formula is C12H16N4OS. The summed E-state index contributed by atoms with van der Waals surface area (Å²) in [7, 11) is 1.69. The van der Waals surface area contributed by atoms with Crippen LogP contribution in [0.3, 0.4) is 0 Å². The van der Waals surface area contributed by atoms with Crippen molar-refractivity contribution in [2.24, 2.45) is 12.8 Å². The van der Waals surface area contributed by atoms with Crippen LogP contribution in [0.2, 0.25) is 0 Å². The second kappa shape index (κ2) is 5.41. The van der Waals surface area contributed by atoms with Crippen LogP contribution in [0.4, 0.5) is 0 Å². The normalized spacial score (nSPS) is 12.6. The number of benzene rings is 1. The summed E-state index contributed by atoms with van der Waals surface area (Å²) in [6.07, 6.45) is 0. The van der Waals surface area contributed by atoms with Crippen LogP contribution in [0.5, 0.6) is 0 Å². The van der Waals surface area contributed by atoms with E-state index in [9.17, 15) is 4.79 Å².